The lowest BCUT2D eigenvalue weighted by Gasteiger charge is -2.62. The zero-order valence-corrected chi connectivity index (χ0v) is 16.6. The third kappa shape index (κ3) is 3.10. The van der Waals surface area contributed by atoms with Crippen molar-refractivity contribution in [2.24, 2.45) is 22.2 Å². The van der Waals surface area contributed by atoms with E-state index in [-0.39, 0.29) is 17.4 Å². The van der Waals surface area contributed by atoms with Crippen LogP contribution in [0.3, 0.4) is 0 Å². The molecule has 4 nitrogen and oxygen atoms in total. The standard InChI is InChI=1S/C23H29NO3/c1-22(2)16-13-20(22)23(3,25)21(14-16)24-18(19-6-5-11-27-19)12-15-7-9-17(26-4)10-8-15/h5-11,16,18,20,25H,12-14H2,1-4H3/t16-,18-,20-,23-/m1/s1. The van der Waals surface area contributed by atoms with Crippen LogP contribution in [0.2, 0.25) is 0 Å². The Morgan fingerprint density at radius 2 is 1.96 bits per heavy atom. The first-order valence-corrected chi connectivity index (χ1v) is 9.78. The molecule has 0 spiro atoms. The molecule has 1 heterocycles. The molecule has 1 aromatic carbocycles. The quantitative estimate of drug-likeness (QED) is 0.823. The fourth-order valence-electron chi connectivity index (χ4n) is 5.00. The summed E-state index contributed by atoms with van der Waals surface area (Å²) in [6, 6.07) is 11.8. The Balaban J connectivity index is 1.63. The molecule has 0 aliphatic heterocycles. The van der Waals surface area contributed by atoms with Gasteiger partial charge in [0, 0.05) is 12.1 Å². The van der Waals surface area contributed by atoms with Crippen molar-refractivity contribution in [1.82, 2.24) is 0 Å². The minimum Gasteiger partial charge on any atom is -0.497 e. The lowest BCUT2D eigenvalue weighted by Crippen LogP contribution is -2.64. The fraction of sp³-hybridized carbons (Fsp3) is 0.522. The summed E-state index contributed by atoms with van der Waals surface area (Å²) >= 11 is 0. The number of aliphatic hydroxyl groups is 1. The van der Waals surface area contributed by atoms with Crippen LogP contribution in [0.25, 0.3) is 0 Å². The molecule has 0 amide bonds. The SMILES string of the molecule is COc1ccc(C[C@@H](N=C2C[C@H]3C[C@H](C3(C)C)[C@@]2(C)O)c2ccco2)cc1. The molecular formula is C23H29NO3. The summed E-state index contributed by atoms with van der Waals surface area (Å²) in [5, 5.41) is 11.3. The van der Waals surface area contributed by atoms with Crippen LogP contribution < -0.4 is 4.74 Å². The Kier molecular flexibility index (Phi) is 4.42. The second-order valence-corrected chi connectivity index (χ2v) is 8.82. The zero-order chi connectivity index (χ0) is 19.2. The molecule has 3 aliphatic carbocycles. The van der Waals surface area contributed by atoms with Crippen LogP contribution in [-0.2, 0) is 6.42 Å². The Hall–Kier alpha value is -2.07. The Morgan fingerprint density at radius 1 is 1.22 bits per heavy atom. The van der Waals surface area contributed by atoms with Crippen molar-refractivity contribution in [2.45, 2.75) is 51.7 Å². The van der Waals surface area contributed by atoms with E-state index in [1.54, 1.807) is 13.4 Å². The van der Waals surface area contributed by atoms with Gasteiger partial charge in [-0.3, -0.25) is 4.99 Å². The smallest absolute Gasteiger partial charge is 0.128 e. The van der Waals surface area contributed by atoms with Crippen LogP contribution in [-0.4, -0.2) is 23.5 Å². The van der Waals surface area contributed by atoms with Gasteiger partial charge in [-0.1, -0.05) is 26.0 Å². The van der Waals surface area contributed by atoms with Gasteiger partial charge in [-0.25, -0.2) is 0 Å². The van der Waals surface area contributed by atoms with E-state index < -0.39 is 5.60 Å². The van der Waals surface area contributed by atoms with Gasteiger partial charge in [0.05, 0.1) is 13.4 Å². The summed E-state index contributed by atoms with van der Waals surface area (Å²) in [5.74, 6) is 2.57. The highest BCUT2D eigenvalue weighted by Gasteiger charge is 2.61. The van der Waals surface area contributed by atoms with Crippen molar-refractivity contribution in [3.63, 3.8) is 0 Å². The second kappa shape index (κ2) is 6.52. The third-order valence-corrected chi connectivity index (χ3v) is 6.94. The zero-order valence-electron chi connectivity index (χ0n) is 16.6. The molecule has 4 atom stereocenters. The van der Waals surface area contributed by atoms with E-state index in [0.29, 0.717) is 5.92 Å². The van der Waals surface area contributed by atoms with Gasteiger partial charge in [-0.05, 0) is 66.8 Å². The number of furan rings is 1. The van der Waals surface area contributed by atoms with E-state index in [9.17, 15) is 5.11 Å². The van der Waals surface area contributed by atoms with Gasteiger partial charge in [-0.2, -0.15) is 0 Å². The molecular weight excluding hydrogens is 338 g/mol. The molecule has 0 radical (unpaired) electrons. The van der Waals surface area contributed by atoms with Gasteiger partial charge in [0.2, 0.25) is 0 Å². The van der Waals surface area contributed by atoms with Gasteiger partial charge in [0.25, 0.3) is 0 Å². The number of ether oxygens (including phenoxy) is 1. The molecule has 1 N–H and O–H groups in total. The van der Waals surface area contributed by atoms with E-state index in [1.165, 1.54) is 5.56 Å². The number of benzene rings is 1. The van der Waals surface area contributed by atoms with Crippen molar-refractivity contribution >= 4 is 5.71 Å². The lowest BCUT2D eigenvalue weighted by atomic mass is 9.44. The minimum atomic E-state index is -0.844. The van der Waals surface area contributed by atoms with Gasteiger partial charge in [-0.15, -0.1) is 0 Å². The Morgan fingerprint density at radius 3 is 2.52 bits per heavy atom. The van der Waals surface area contributed by atoms with Crippen molar-refractivity contribution < 1.29 is 14.3 Å². The highest BCUT2D eigenvalue weighted by atomic mass is 16.5. The van der Waals surface area contributed by atoms with Crippen LogP contribution in [0.1, 0.15) is 51.0 Å². The summed E-state index contributed by atoms with van der Waals surface area (Å²) in [6.07, 6.45) is 4.39. The van der Waals surface area contributed by atoms with Crippen molar-refractivity contribution in [1.29, 1.82) is 0 Å². The van der Waals surface area contributed by atoms with Gasteiger partial charge >= 0.3 is 0 Å². The maximum absolute atomic E-state index is 11.3. The fourth-order valence-corrected chi connectivity index (χ4v) is 5.00. The van der Waals surface area contributed by atoms with E-state index in [2.05, 4.69) is 26.0 Å². The first-order chi connectivity index (χ1) is 12.8. The minimum absolute atomic E-state index is 0.129. The maximum Gasteiger partial charge on any atom is 0.128 e. The third-order valence-electron chi connectivity index (χ3n) is 6.94. The molecule has 3 saturated carbocycles. The molecule has 2 aromatic rings. The number of nitrogens with zero attached hydrogens (tertiary/aromatic N) is 1. The number of hydrogen-bond donors (Lipinski definition) is 1. The van der Waals surface area contributed by atoms with Crippen LogP contribution in [0.4, 0.5) is 0 Å². The highest BCUT2D eigenvalue weighted by molar-refractivity contribution is 5.94. The predicted octanol–water partition coefficient (Wildman–Crippen LogP) is 4.83. The van der Waals surface area contributed by atoms with Crippen LogP contribution in [0.15, 0.2) is 52.1 Å². The molecule has 5 rings (SSSR count). The van der Waals surface area contributed by atoms with Gasteiger partial charge < -0.3 is 14.3 Å². The Bertz CT molecular complexity index is 818. The van der Waals surface area contributed by atoms with E-state index in [0.717, 1.165) is 36.5 Å². The number of fused-ring (bicyclic) bond motifs is 2. The van der Waals surface area contributed by atoms with E-state index in [4.69, 9.17) is 14.1 Å². The average molecular weight is 367 g/mol. The summed E-state index contributed by atoms with van der Waals surface area (Å²) in [6.45, 7) is 6.50. The molecule has 2 bridgehead atoms. The van der Waals surface area contributed by atoms with Crippen LogP contribution in [0, 0.1) is 17.3 Å². The van der Waals surface area contributed by atoms with Crippen molar-refractivity contribution in [3.05, 3.63) is 54.0 Å². The number of hydrogen-bond acceptors (Lipinski definition) is 4. The molecule has 3 fully saturated rings. The van der Waals surface area contributed by atoms with Gasteiger partial charge in [0.1, 0.15) is 23.2 Å². The highest BCUT2D eigenvalue weighted by Crippen LogP contribution is 2.61. The lowest BCUT2D eigenvalue weighted by molar-refractivity contribution is -0.134. The topological polar surface area (TPSA) is 55.0 Å². The number of methoxy groups -OCH3 is 1. The summed E-state index contributed by atoms with van der Waals surface area (Å²) in [4.78, 5) is 5.06. The Labute approximate surface area is 161 Å². The largest absolute Gasteiger partial charge is 0.497 e. The first-order valence-electron chi connectivity index (χ1n) is 9.78. The number of rotatable bonds is 5. The van der Waals surface area contributed by atoms with Crippen molar-refractivity contribution in [3.8, 4) is 5.75 Å². The maximum atomic E-state index is 11.3. The van der Waals surface area contributed by atoms with Gasteiger partial charge in [0.15, 0.2) is 0 Å². The molecule has 4 heteroatoms. The summed E-state index contributed by atoms with van der Waals surface area (Å²) in [7, 11) is 1.67. The molecule has 144 valence electrons. The molecule has 3 aliphatic rings. The molecule has 0 unspecified atom stereocenters. The first kappa shape index (κ1) is 18.3. The normalized spacial score (nSPS) is 31.4. The molecule has 0 saturated heterocycles. The van der Waals surface area contributed by atoms with Crippen LogP contribution >= 0.6 is 0 Å². The monoisotopic (exact) mass is 367 g/mol. The molecule has 27 heavy (non-hydrogen) atoms. The average Bonchev–Trinajstić information content (AvgIpc) is 3.17. The second-order valence-electron chi connectivity index (χ2n) is 8.82. The predicted molar refractivity (Wildman–Crippen MR) is 106 cm³/mol. The molecule has 1 aromatic heterocycles. The van der Waals surface area contributed by atoms with E-state index in [1.807, 2.05) is 31.2 Å². The summed E-state index contributed by atoms with van der Waals surface area (Å²) < 4.78 is 10.9. The van der Waals surface area contributed by atoms with Crippen molar-refractivity contribution in [2.75, 3.05) is 7.11 Å². The number of aliphatic imine (C=N–C) groups is 1. The summed E-state index contributed by atoms with van der Waals surface area (Å²) in [5.41, 5.74) is 1.45. The van der Waals surface area contributed by atoms with Crippen LogP contribution in [0.5, 0.6) is 5.75 Å². The van der Waals surface area contributed by atoms with E-state index >= 15 is 0 Å².